The first-order chi connectivity index (χ1) is 13.8. The van der Waals surface area contributed by atoms with Crippen LogP contribution in [0.5, 0.6) is 0 Å². The van der Waals surface area contributed by atoms with Gasteiger partial charge in [0.15, 0.2) is 0 Å². The first kappa shape index (κ1) is 20.0. The molecule has 5 nitrogen and oxygen atoms in total. The summed E-state index contributed by atoms with van der Waals surface area (Å²) in [6.07, 6.45) is 4.63. The first-order valence-electron chi connectivity index (χ1n) is 10.3. The van der Waals surface area contributed by atoms with Crippen molar-refractivity contribution in [3.8, 4) is 0 Å². The van der Waals surface area contributed by atoms with Crippen LogP contribution in [-0.4, -0.2) is 26.9 Å². The normalized spacial score (nSPS) is 23.2. The molecule has 0 saturated heterocycles. The van der Waals surface area contributed by atoms with Crippen molar-refractivity contribution in [2.45, 2.75) is 50.5 Å². The van der Waals surface area contributed by atoms with Crippen molar-refractivity contribution in [2.75, 3.05) is 10.8 Å². The molecule has 2 aliphatic carbocycles. The summed E-state index contributed by atoms with van der Waals surface area (Å²) in [6.45, 7) is 3.63. The van der Waals surface area contributed by atoms with Crippen molar-refractivity contribution in [1.82, 2.24) is 5.32 Å². The molecule has 0 spiro atoms. The Morgan fingerprint density at radius 1 is 1.07 bits per heavy atom. The van der Waals surface area contributed by atoms with Gasteiger partial charge in [0.2, 0.25) is 5.91 Å². The Morgan fingerprint density at radius 3 is 2.45 bits per heavy atom. The van der Waals surface area contributed by atoms with Crippen LogP contribution in [0.4, 0.5) is 5.69 Å². The highest BCUT2D eigenvalue weighted by Crippen LogP contribution is 2.44. The van der Waals surface area contributed by atoms with E-state index in [1.54, 1.807) is 36.4 Å². The summed E-state index contributed by atoms with van der Waals surface area (Å²) >= 11 is 0. The molecule has 2 fully saturated rings. The van der Waals surface area contributed by atoms with E-state index in [4.69, 9.17) is 0 Å². The molecule has 1 amide bonds. The number of hydrogen-bond donors (Lipinski definition) is 1. The van der Waals surface area contributed by atoms with E-state index < -0.39 is 10.0 Å². The number of fused-ring (bicyclic) bond motifs is 2. The predicted octanol–water partition coefficient (Wildman–Crippen LogP) is 3.80. The number of amides is 1. The van der Waals surface area contributed by atoms with Crippen LogP contribution in [0, 0.1) is 25.7 Å². The first-order valence-corrected chi connectivity index (χ1v) is 11.7. The molecular formula is C23H28N2O3S. The maximum Gasteiger partial charge on any atom is 0.264 e. The van der Waals surface area contributed by atoms with E-state index in [9.17, 15) is 13.2 Å². The molecular weight excluding hydrogens is 384 g/mol. The van der Waals surface area contributed by atoms with Gasteiger partial charge in [-0.25, -0.2) is 8.42 Å². The molecule has 0 radical (unpaired) electrons. The van der Waals surface area contributed by atoms with E-state index in [0.29, 0.717) is 17.5 Å². The van der Waals surface area contributed by atoms with Crippen LogP contribution in [0.2, 0.25) is 0 Å². The van der Waals surface area contributed by atoms with Gasteiger partial charge in [0.05, 0.1) is 10.6 Å². The smallest absolute Gasteiger partial charge is 0.264 e. The van der Waals surface area contributed by atoms with Gasteiger partial charge in [-0.15, -0.1) is 0 Å². The second kappa shape index (κ2) is 7.82. The molecule has 4 rings (SSSR count). The number of nitrogens with zero attached hydrogens (tertiary/aromatic N) is 1. The third-order valence-electron chi connectivity index (χ3n) is 6.32. The number of nitrogens with one attached hydrogen (secondary N) is 1. The number of aryl methyl sites for hydroxylation is 2. The van der Waals surface area contributed by atoms with E-state index in [0.717, 1.165) is 17.5 Å². The van der Waals surface area contributed by atoms with Crippen LogP contribution in [0.1, 0.15) is 36.8 Å². The van der Waals surface area contributed by atoms with Gasteiger partial charge in [-0.2, -0.15) is 0 Å². The van der Waals surface area contributed by atoms with Gasteiger partial charge in [-0.05, 0) is 68.7 Å². The zero-order valence-corrected chi connectivity index (χ0v) is 17.8. The predicted molar refractivity (Wildman–Crippen MR) is 114 cm³/mol. The van der Waals surface area contributed by atoms with Crippen molar-refractivity contribution >= 4 is 21.6 Å². The maximum absolute atomic E-state index is 13.4. The third kappa shape index (κ3) is 4.04. The molecule has 0 aliphatic heterocycles. The lowest BCUT2D eigenvalue weighted by Gasteiger charge is -2.28. The van der Waals surface area contributed by atoms with Crippen molar-refractivity contribution < 1.29 is 13.2 Å². The fourth-order valence-corrected chi connectivity index (χ4v) is 6.42. The van der Waals surface area contributed by atoms with Crippen molar-refractivity contribution in [1.29, 1.82) is 0 Å². The molecule has 2 saturated carbocycles. The summed E-state index contributed by atoms with van der Waals surface area (Å²) in [4.78, 5) is 13.1. The number of rotatable bonds is 6. The number of carbonyl (C=O) groups excluding carboxylic acids is 1. The molecule has 2 bridgehead atoms. The van der Waals surface area contributed by atoms with Crippen LogP contribution < -0.4 is 9.62 Å². The van der Waals surface area contributed by atoms with Crippen LogP contribution in [0.15, 0.2) is 53.4 Å². The minimum Gasteiger partial charge on any atom is -0.352 e. The lowest BCUT2D eigenvalue weighted by molar-refractivity contribution is -0.120. The fraction of sp³-hybridized carbons (Fsp3) is 0.435. The average molecular weight is 413 g/mol. The van der Waals surface area contributed by atoms with Crippen LogP contribution >= 0.6 is 0 Å². The molecule has 2 aromatic carbocycles. The Hall–Kier alpha value is -2.34. The SMILES string of the molecule is Cc1ccc(N(CC(=O)N[C@@H]2C[C@H]3CC[C@@H]2C3)S(=O)(=O)c2ccccc2)c(C)c1. The molecule has 0 aromatic heterocycles. The van der Waals surface area contributed by atoms with Crippen molar-refractivity contribution in [3.05, 3.63) is 59.7 Å². The van der Waals surface area contributed by atoms with Crippen LogP contribution in [-0.2, 0) is 14.8 Å². The molecule has 3 atom stereocenters. The second-order valence-electron chi connectivity index (χ2n) is 8.46. The summed E-state index contributed by atoms with van der Waals surface area (Å²) in [5.74, 6) is 1.03. The topological polar surface area (TPSA) is 66.5 Å². The van der Waals surface area contributed by atoms with Gasteiger partial charge in [0, 0.05) is 6.04 Å². The quantitative estimate of drug-likeness (QED) is 0.785. The van der Waals surface area contributed by atoms with Gasteiger partial charge in [-0.3, -0.25) is 9.10 Å². The van der Waals surface area contributed by atoms with Gasteiger partial charge in [-0.1, -0.05) is 42.3 Å². The molecule has 154 valence electrons. The molecule has 29 heavy (non-hydrogen) atoms. The largest absolute Gasteiger partial charge is 0.352 e. The van der Waals surface area contributed by atoms with Gasteiger partial charge < -0.3 is 5.32 Å². The summed E-state index contributed by atoms with van der Waals surface area (Å²) in [7, 11) is -3.86. The monoisotopic (exact) mass is 412 g/mol. The Morgan fingerprint density at radius 2 is 1.83 bits per heavy atom. The standard InChI is InChI=1S/C23H28N2O3S/c1-16-8-11-22(17(2)12-16)25(29(27,28)20-6-4-3-5-7-20)15-23(26)24-21-14-18-9-10-19(21)13-18/h3-8,11-12,18-19,21H,9-10,13-15H2,1-2H3,(H,24,26)/t18-,19+,21+/m0/s1. The third-order valence-corrected chi connectivity index (χ3v) is 8.10. The fourth-order valence-electron chi connectivity index (χ4n) is 4.91. The van der Waals surface area contributed by atoms with Gasteiger partial charge in [0.1, 0.15) is 6.54 Å². The number of hydrogen-bond acceptors (Lipinski definition) is 3. The Balaban J connectivity index is 1.62. The molecule has 0 unspecified atom stereocenters. The Labute approximate surface area is 173 Å². The van der Waals surface area contributed by atoms with E-state index in [2.05, 4.69) is 5.32 Å². The second-order valence-corrected chi connectivity index (χ2v) is 10.3. The lowest BCUT2D eigenvalue weighted by atomic mass is 9.95. The zero-order chi connectivity index (χ0) is 20.6. The van der Waals surface area contributed by atoms with Crippen molar-refractivity contribution in [3.63, 3.8) is 0 Å². The maximum atomic E-state index is 13.4. The minimum atomic E-state index is -3.86. The highest BCUT2D eigenvalue weighted by molar-refractivity contribution is 7.92. The summed E-state index contributed by atoms with van der Waals surface area (Å²) < 4.78 is 28.1. The van der Waals surface area contributed by atoms with E-state index in [1.165, 1.54) is 23.6 Å². The van der Waals surface area contributed by atoms with Crippen molar-refractivity contribution in [2.24, 2.45) is 11.8 Å². The number of benzene rings is 2. The number of carbonyl (C=O) groups is 1. The molecule has 0 heterocycles. The lowest BCUT2D eigenvalue weighted by Crippen LogP contribution is -2.46. The van der Waals surface area contributed by atoms with Gasteiger partial charge >= 0.3 is 0 Å². The summed E-state index contributed by atoms with van der Waals surface area (Å²) in [5, 5.41) is 3.12. The van der Waals surface area contributed by atoms with Crippen LogP contribution in [0.3, 0.4) is 0 Å². The average Bonchev–Trinajstić information content (AvgIpc) is 3.30. The molecule has 2 aromatic rings. The molecule has 2 aliphatic rings. The van der Waals surface area contributed by atoms with E-state index in [1.807, 2.05) is 26.0 Å². The summed E-state index contributed by atoms with van der Waals surface area (Å²) in [6, 6.07) is 14.1. The molecule has 6 heteroatoms. The van der Waals surface area contributed by atoms with Gasteiger partial charge in [0.25, 0.3) is 10.0 Å². The highest BCUT2D eigenvalue weighted by Gasteiger charge is 2.40. The van der Waals surface area contributed by atoms with Crippen LogP contribution in [0.25, 0.3) is 0 Å². The van der Waals surface area contributed by atoms with E-state index >= 15 is 0 Å². The Kier molecular flexibility index (Phi) is 5.38. The number of anilines is 1. The Bertz CT molecular complexity index is 1000. The number of sulfonamides is 1. The zero-order valence-electron chi connectivity index (χ0n) is 17.0. The minimum absolute atomic E-state index is 0.182. The molecule has 1 N–H and O–H groups in total. The highest BCUT2D eigenvalue weighted by atomic mass is 32.2. The van der Waals surface area contributed by atoms with E-state index in [-0.39, 0.29) is 23.4 Å². The summed E-state index contributed by atoms with van der Waals surface area (Å²) in [5.41, 5.74) is 2.43.